The molecule has 0 aliphatic carbocycles. The van der Waals surface area contributed by atoms with E-state index in [1.807, 2.05) is 66.7 Å². The van der Waals surface area contributed by atoms with Gasteiger partial charge in [-0.05, 0) is 23.8 Å². The Morgan fingerprint density at radius 2 is 1.50 bits per heavy atom. The Labute approximate surface area is 143 Å². The average molecular weight is 330 g/mol. The number of phenols is 1. The van der Waals surface area contributed by atoms with E-state index in [2.05, 4.69) is 0 Å². The van der Waals surface area contributed by atoms with Crippen LogP contribution in [0.4, 0.5) is 0 Å². The van der Waals surface area contributed by atoms with Gasteiger partial charge in [0.2, 0.25) is 5.78 Å². The van der Waals surface area contributed by atoms with Crippen LogP contribution in [0.5, 0.6) is 5.75 Å². The summed E-state index contributed by atoms with van der Waals surface area (Å²) >= 11 is 1.43. The smallest absolute Gasteiger partial charge is 0.203 e. The minimum absolute atomic E-state index is 0.00939. The fourth-order valence-electron chi connectivity index (χ4n) is 2.86. The van der Waals surface area contributed by atoms with Crippen LogP contribution < -0.4 is 0 Å². The van der Waals surface area contributed by atoms with Gasteiger partial charge in [0.05, 0.1) is 4.88 Å². The van der Waals surface area contributed by atoms with Crippen LogP contribution in [0, 0.1) is 0 Å². The van der Waals surface area contributed by atoms with Crippen molar-refractivity contribution in [1.82, 2.24) is 0 Å². The summed E-state index contributed by atoms with van der Waals surface area (Å²) in [5.74, 6) is 0.220. The van der Waals surface area contributed by atoms with Gasteiger partial charge in [-0.3, -0.25) is 4.79 Å². The van der Waals surface area contributed by atoms with Gasteiger partial charge in [0, 0.05) is 21.2 Å². The molecule has 3 heteroatoms. The Morgan fingerprint density at radius 3 is 2.21 bits per heavy atom. The molecule has 24 heavy (non-hydrogen) atoms. The van der Waals surface area contributed by atoms with E-state index in [4.69, 9.17) is 0 Å². The van der Waals surface area contributed by atoms with Gasteiger partial charge in [-0.2, -0.15) is 0 Å². The van der Waals surface area contributed by atoms with Crippen LogP contribution in [0.1, 0.15) is 15.2 Å². The molecule has 0 fully saturated rings. The third kappa shape index (κ3) is 2.49. The van der Waals surface area contributed by atoms with Gasteiger partial charge in [0.15, 0.2) is 0 Å². The standard InChI is InChI=1S/C21H14O2S/c22-16-11-12-17-18(13-16)24-21(19(17)14-7-3-1-4-8-14)20(23)15-9-5-2-6-10-15/h1-13,22H. The van der Waals surface area contributed by atoms with Crippen LogP contribution >= 0.6 is 11.3 Å². The van der Waals surface area contributed by atoms with Gasteiger partial charge < -0.3 is 5.11 Å². The first-order valence-corrected chi connectivity index (χ1v) is 8.46. The molecule has 0 saturated carbocycles. The zero-order valence-corrected chi connectivity index (χ0v) is 13.6. The zero-order valence-electron chi connectivity index (χ0n) is 12.8. The molecule has 116 valence electrons. The molecular formula is C21H14O2S. The summed E-state index contributed by atoms with van der Waals surface area (Å²) in [6.07, 6.45) is 0. The number of carbonyl (C=O) groups excluding carboxylic acids is 1. The highest BCUT2D eigenvalue weighted by molar-refractivity contribution is 7.21. The summed E-state index contributed by atoms with van der Waals surface area (Å²) in [6, 6.07) is 24.5. The van der Waals surface area contributed by atoms with Gasteiger partial charge in [0.25, 0.3) is 0 Å². The summed E-state index contributed by atoms with van der Waals surface area (Å²) in [5, 5.41) is 10.8. The number of aromatic hydroxyl groups is 1. The molecule has 0 atom stereocenters. The van der Waals surface area contributed by atoms with Gasteiger partial charge in [-0.25, -0.2) is 0 Å². The van der Waals surface area contributed by atoms with Crippen molar-refractivity contribution >= 4 is 27.2 Å². The van der Waals surface area contributed by atoms with E-state index in [0.29, 0.717) is 10.4 Å². The summed E-state index contributed by atoms with van der Waals surface area (Å²) in [4.78, 5) is 13.7. The Morgan fingerprint density at radius 1 is 0.833 bits per heavy atom. The molecule has 4 aromatic rings. The zero-order chi connectivity index (χ0) is 16.5. The molecule has 3 aromatic carbocycles. The molecule has 0 amide bonds. The largest absolute Gasteiger partial charge is 0.508 e. The predicted octanol–water partition coefficient (Wildman–Crippen LogP) is 5.50. The Bertz CT molecular complexity index is 1020. The van der Waals surface area contributed by atoms with Crippen LogP contribution in [0.3, 0.4) is 0 Å². The molecule has 1 N–H and O–H groups in total. The van der Waals surface area contributed by atoms with E-state index in [1.54, 1.807) is 12.1 Å². The van der Waals surface area contributed by atoms with E-state index in [9.17, 15) is 9.90 Å². The lowest BCUT2D eigenvalue weighted by atomic mass is 9.98. The SMILES string of the molecule is O=C(c1ccccc1)c1sc2cc(O)ccc2c1-c1ccccc1. The van der Waals surface area contributed by atoms with Crippen molar-refractivity contribution in [3.05, 3.63) is 89.3 Å². The van der Waals surface area contributed by atoms with Crippen molar-refractivity contribution in [2.45, 2.75) is 0 Å². The summed E-state index contributed by atoms with van der Waals surface area (Å²) < 4.78 is 0.910. The van der Waals surface area contributed by atoms with Crippen molar-refractivity contribution in [1.29, 1.82) is 0 Å². The van der Waals surface area contributed by atoms with Gasteiger partial charge in [-0.1, -0.05) is 60.7 Å². The molecule has 0 aliphatic rings. The monoisotopic (exact) mass is 330 g/mol. The second-order valence-corrected chi connectivity index (χ2v) is 6.60. The minimum Gasteiger partial charge on any atom is -0.508 e. The third-order valence-corrected chi connectivity index (χ3v) is 5.13. The predicted molar refractivity (Wildman–Crippen MR) is 98.8 cm³/mol. The molecular weight excluding hydrogens is 316 g/mol. The Hall–Kier alpha value is -2.91. The topological polar surface area (TPSA) is 37.3 Å². The highest BCUT2D eigenvalue weighted by Gasteiger charge is 2.21. The minimum atomic E-state index is 0.00939. The summed E-state index contributed by atoms with van der Waals surface area (Å²) in [6.45, 7) is 0. The molecule has 0 radical (unpaired) electrons. The van der Waals surface area contributed by atoms with Crippen molar-refractivity contribution in [3.8, 4) is 16.9 Å². The van der Waals surface area contributed by atoms with E-state index in [0.717, 1.165) is 21.2 Å². The number of carbonyl (C=O) groups is 1. The first-order chi connectivity index (χ1) is 11.7. The van der Waals surface area contributed by atoms with E-state index >= 15 is 0 Å². The second-order valence-electron chi connectivity index (χ2n) is 5.55. The number of ketones is 1. The first kappa shape index (κ1) is 14.7. The number of hydrogen-bond donors (Lipinski definition) is 1. The van der Waals surface area contributed by atoms with Gasteiger partial charge in [0.1, 0.15) is 5.75 Å². The van der Waals surface area contributed by atoms with Crippen molar-refractivity contribution in [2.24, 2.45) is 0 Å². The number of thiophene rings is 1. The molecule has 4 rings (SSSR count). The molecule has 0 unspecified atom stereocenters. The highest BCUT2D eigenvalue weighted by Crippen LogP contribution is 2.41. The second kappa shape index (κ2) is 5.95. The maximum absolute atomic E-state index is 13.0. The molecule has 0 saturated heterocycles. The maximum Gasteiger partial charge on any atom is 0.203 e. The molecule has 1 aromatic heterocycles. The average Bonchev–Trinajstić information content (AvgIpc) is 3.01. The van der Waals surface area contributed by atoms with Crippen LogP contribution in [0.25, 0.3) is 21.2 Å². The summed E-state index contributed by atoms with van der Waals surface area (Å²) in [7, 11) is 0. The number of hydrogen-bond acceptors (Lipinski definition) is 3. The number of phenolic OH excluding ortho intramolecular Hbond substituents is 1. The van der Waals surface area contributed by atoms with Crippen LogP contribution in [0.15, 0.2) is 78.9 Å². The molecule has 0 spiro atoms. The van der Waals surface area contributed by atoms with Gasteiger partial charge >= 0.3 is 0 Å². The molecule has 2 nitrogen and oxygen atoms in total. The Balaban J connectivity index is 1.99. The van der Waals surface area contributed by atoms with Crippen LogP contribution in [-0.2, 0) is 0 Å². The molecule has 0 aliphatic heterocycles. The van der Waals surface area contributed by atoms with E-state index in [-0.39, 0.29) is 11.5 Å². The Kier molecular flexibility index (Phi) is 3.63. The van der Waals surface area contributed by atoms with Crippen LogP contribution in [-0.4, -0.2) is 10.9 Å². The normalized spacial score (nSPS) is 10.8. The lowest BCUT2D eigenvalue weighted by molar-refractivity contribution is 0.104. The van der Waals surface area contributed by atoms with Crippen molar-refractivity contribution in [3.63, 3.8) is 0 Å². The maximum atomic E-state index is 13.0. The highest BCUT2D eigenvalue weighted by atomic mass is 32.1. The van der Waals surface area contributed by atoms with E-state index in [1.165, 1.54) is 11.3 Å². The van der Waals surface area contributed by atoms with E-state index < -0.39 is 0 Å². The van der Waals surface area contributed by atoms with Gasteiger partial charge in [-0.15, -0.1) is 11.3 Å². The first-order valence-electron chi connectivity index (χ1n) is 7.65. The lowest BCUT2D eigenvalue weighted by Crippen LogP contribution is -1.99. The number of benzene rings is 3. The van der Waals surface area contributed by atoms with Crippen molar-refractivity contribution < 1.29 is 9.90 Å². The lowest BCUT2D eigenvalue weighted by Gasteiger charge is -2.05. The van der Waals surface area contributed by atoms with Crippen LogP contribution in [0.2, 0.25) is 0 Å². The molecule has 0 bridgehead atoms. The number of fused-ring (bicyclic) bond motifs is 1. The fraction of sp³-hybridized carbons (Fsp3) is 0. The van der Waals surface area contributed by atoms with Crippen molar-refractivity contribution in [2.75, 3.05) is 0 Å². The number of rotatable bonds is 3. The molecule has 1 heterocycles. The quantitative estimate of drug-likeness (QED) is 0.503. The third-order valence-electron chi connectivity index (χ3n) is 3.98. The fourth-order valence-corrected chi connectivity index (χ4v) is 4.08. The summed E-state index contributed by atoms with van der Waals surface area (Å²) in [5.41, 5.74) is 2.61.